The van der Waals surface area contributed by atoms with Crippen LogP contribution in [0.1, 0.15) is 25.8 Å². The molecule has 1 aliphatic heterocycles. The summed E-state index contributed by atoms with van der Waals surface area (Å²) in [4.78, 5) is 24.3. The van der Waals surface area contributed by atoms with Gasteiger partial charge in [-0.15, -0.1) is 0 Å². The molecule has 0 aromatic heterocycles. The molecular weight excluding hydrogens is 238 g/mol. The van der Waals surface area contributed by atoms with Crippen molar-refractivity contribution in [2.24, 2.45) is 5.92 Å². The van der Waals surface area contributed by atoms with Crippen LogP contribution in [-0.4, -0.2) is 11.8 Å². The quantitative estimate of drug-likeness (QED) is 0.775. The first-order chi connectivity index (χ1) is 8.99. The topological polar surface area (TPSA) is 37.4 Å². The number of hydrogen-bond acceptors (Lipinski definition) is 2. The molecule has 0 saturated carbocycles. The van der Waals surface area contributed by atoms with Crippen LogP contribution in [-0.2, 0) is 9.59 Å². The Labute approximate surface area is 113 Å². The number of carbonyl (C=O) groups is 2. The van der Waals surface area contributed by atoms with Gasteiger partial charge in [-0.3, -0.25) is 9.59 Å². The van der Waals surface area contributed by atoms with Crippen molar-refractivity contribution in [1.29, 1.82) is 0 Å². The molecule has 2 rings (SSSR count). The van der Waals surface area contributed by atoms with Gasteiger partial charge in [0, 0.05) is 12.2 Å². The number of benzene rings is 1. The van der Waals surface area contributed by atoms with Crippen molar-refractivity contribution in [2.45, 2.75) is 20.3 Å². The molecule has 19 heavy (non-hydrogen) atoms. The van der Waals surface area contributed by atoms with Crippen LogP contribution in [0.3, 0.4) is 0 Å². The van der Waals surface area contributed by atoms with Gasteiger partial charge < -0.3 is 0 Å². The van der Waals surface area contributed by atoms with Gasteiger partial charge >= 0.3 is 0 Å². The molecule has 0 N–H and O–H groups in total. The minimum Gasteiger partial charge on any atom is -0.269 e. The lowest BCUT2D eigenvalue weighted by molar-refractivity contribution is -0.119. The largest absolute Gasteiger partial charge is 0.269 e. The van der Waals surface area contributed by atoms with Crippen molar-refractivity contribution in [3.05, 3.63) is 48.6 Å². The summed E-state index contributed by atoms with van der Waals surface area (Å²) < 4.78 is 0. The minimum absolute atomic E-state index is 0.293. The molecule has 0 aliphatic carbocycles. The van der Waals surface area contributed by atoms with Gasteiger partial charge in [0.1, 0.15) is 0 Å². The second kappa shape index (κ2) is 5.22. The van der Waals surface area contributed by atoms with Crippen molar-refractivity contribution in [2.75, 3.05) is 4.90 Å². The minimum atomic E-state index is -0.293. The van der Waals surface area contributed by atoms with E-state index in [9.17, 15) is 9.59 Å². The molecule has 0 atom stereocenters. The second-order valence-corrected chi connectivity index (χ2v) is 5.09. The SMILES string of the molecule is C=C(CC(C)C)c1ccc(N2C(=O)C=CC2=O)cc1. The lowest BCUT2D eigenvalue weighted by Crippen LogP contribution is -2.29. The Kier molecular flexibility index (Phi) is 3.65. The van der Waals surface area contributed by atoms with Crippen LogP contribution in [0, 0.1) is 5.92 Å². The molecule has 2 amide bonds. The first-order valence-electron chi connectivity index (χ1n) is 6.33. The van der Waals surface area contributed by atoms with Gasteiger partial charge in [-0.2, -0.15) is 0 Å². The normalized spacial score (nSPS) is 14.6. The summed E-state index contributed by atoms with van der Waals surface area (Å²) in [7, 11) is 0. The third kappa shape index (κ3) is 2.81. The van der Waals surface area contributed by atoms with E-state index in [2.05, 4.69) is 20.4 Å². The number of rotatable bonds is 4. The maximum absolute atomic E-state index is 11.6. The Morgan fingerprint density at radius 1 is 1.11 bits per heavy atom. The third-order valence-electron chi connectivity index (χ3n) is 3.00. The Morgan fingerprint density at radius 3 is 2.11 bits per heavy atom. The Hall–Kier alpha value is -2.16. The molecule has 1 aliphatic rings. The van der Waals surface area contributed by atoms with Crippen LogP contribution >= 0.6 is 0 Å². The van der Waals surface area contributed by atoms with Crippen LogP contribution in [0.25, 0.3) is 5.57 Å². The molecule has 1 aromatic carbocycles. The molecule has 1 heterocycles. The number of amides is 2. The lowest BCUT2D eigenvalue weighted by Gasteiger charge is -2.15. The molecule has 98 valence electrons. The van der Waals surface area contributed by atoms with Gasteiger partial charge in [0.15, 0.2) is 0 Å². The van der Waals surface area contributed by atoms with E-state index in [1.807, 2.05) is 12.1 Å². The summed E-state index contributed by atoms with van der Waals surface area (Å²) in [5.74, 6) is -0.0318. The first-order valence-corrected chi connectivity index (χ1v) is 6.33. The Balaban J connectivity index is 2.17. The molecule has 0 spiro atoms. The molecule has 0 bridgehead atoms. The monoisotopic (exact) mass is 255 g/mol. The fourth-order valence-corrected chi connectivity index (χ4v) is 2.11. The predicted molar refractivity (Wildman–Crippen MR) is 76.6 cm³/mol. The van der Waals surface area contributed by atoms with Crippen molar-refractivity contribution in [3.63, 3.8) is 0 Å². The van der Waals surface area contributed by atoms with Crippen molar-refractivity contribution >= 4 is 23.1 Å². The second-order valence-electron chi connectivity index (χ2n) is 5.09. The maximum atomic E-state index is 11.6. The average molecular weight is 255 g/mol. The first kappa shape index (κ1) is 13.3. The fraction of sp³-hybridized carbons (Fsp3) is 0.250. The van der Waals surface area contributed by atoms with E-state index in [-0.39, 0.29) is 11.8 Å². The van der Waals surface area contributed by atoms with Gasteiger partial charge in [-0.1, -0.05) is 32.6 Å². The Morgan fingerprint density at radius 2 is 1.63 bits per heavy atom. The summed E-state index contributed by atoms with van der Waals surface area (Å²) in [5.41, 5.74) is 2.71. The summed E-state index contributed by atoms with van der Waals surface area (Å²) >= 11 is 0. The highest BCUT2D eigenvalue weighted by atomic mass is 16.2. The van der Waals surface area contributed by atoms with E-state index in [1.54, 1.807) is 12.1 Å². The summed E-state index contributed by atoms with van der Waals surface area (Å²) in [6.07, 6.45) is 3.50. The van der Waals surface area contributed by atoms with Gasteiger partial charge in [-0.25, -0.2) is 4.90 Å². The molecule has 0 unspecified atom stereocenters. The molecule has 0 fully saturated rings. The highest BCUT2D eigenvalue weighted by Crippen LogP contribution is 2.25. The standard InChI is InChI=1S/C16H17NO2/c1-11(2)10-12(3)13-4-6-14(7-5-13)17-15(18)8-9-16(17)19/h4-9,11H,3,10H2,1-2H3. The van der Waals surface area contributed by atoms with Crippen LogP contribution < -0.4 is 4.90 Å². The zero-order valence-corrected chi connectivity index (χ0v) is 11.2. The number of anilines is 1. The molecule has 0 radical (unpaired) electrons. The van der Waals surface area contributed by atoms with Crippen molar-refractivity contribution in [3.8, 4) is 0 Å². The van der Waals surface area contributed by atoms with Crippen molar-refractivity contribution in [1.82, 2.24) is 0 Å². The molecular formula is C16H17NO2. The molecule has 0 saturated heterocycles. The molecule has 3 nitrogen and oxygen atoms in total. The number of carbonyl (C=O) groups excluding carboxylic acids is 2. The average Bonchev–Trinajstić information content (AvgIpc) is 2.68. The highest BCUT2D eigenvalue weighted by Gasteiger charge is 2.24. The Bertz CT molecular complexity index is 535. The lowest BCUT2D eigenvalue weighted by atomic mass is 9.98. The maximum Gasteiger partial charge on any atom is 0.258 e. The summed E-state index contributed by atoms with van der Waals surface area (Å²) in [6, 6.07) is 7.37. The van der Waals surface area contributed by atoms with E-state index in [4.69, 9.17) is 0 Å². The summed E-state index contributed by atoms with van der Waals surface area (Å²) in [5, 5.41) is 0. The van der Waals surface area contributed by atoms with Crippen molar-refractivity contribution < 1.29 is 9.59 Å². The third-order valence-corrected chi connectivity index (χ3v) is 3.00. The van der Waals surface area contributed by atoms with Gasteiger partial charge in [0.2, 0.25) is 0 Å². The van der Waals surface area contributed by atoms with Crippen LogP contribution in [0.4, 0.5) is 5.69 Å². The molecule has 3 heteroatoms. The van der Waals surface area contributed by atoms with Crippen LogP contribution in [0.15, 0.2) is 43.0 Å². The highest BCUT2D eigenvalue weighted by molar-refractivity contribution is 6.28. The van der Waals surface area contributed by atoms with E-state index in [1.165, 1.54) is 12.2 Å². The fourth-order valence-electron chi connectivity index (χ4n) is 2.11. The van der Waals surface area contributed by atoms with E-state index in [0.717, 1.165) is 22.5 Å². The smallest absolute Gasteiger partial charge is 0.258 e. The zero-order chi connectivity index (χ0) is 14.0. The molecule has 1 aromatic rings. The van der Waals surface area contributed by atoms with Gasteiger partial charge in [-0.05, 0) is 35.6 Å². The van der Waals surface area contributed by atoms with Gasteiger partial charge in [0.25, 0.3) is 11.8 Å². The number of hydrogen-bond donors (Lipinski definition) is 0. The van der Waals surface area contributed by atoms with Crippen LogP contribution in [0.2, 0.25) is 0 Å². The van der Waals surface area contributed by atoms with E-state index < -0.39 is 0 Å². The summed E-state index contributed by atoms with van der Waals surface area (Å²) in [6.45, 7) is 8.35. The number of nitrogens with zero attached hydrogens (tertiary/aromatic N) is 1. The number of allylic oxidation sites excluding steroid dienone is 1. The van der Waals surface area contributed by atoms with E-state index >= 15 is 0 Å². The zero-order valence-electron chi connectivity index (χ0n) is 11.2. The van der Waals surface area contributed by atoms with Gasteiger partial charge in [0.05, 0.1) is 5.69 Å². The van der Waals surface area contributed by atoms with Crippen LogP contribution in [0.5, 0.6) is 0 Å². The number of imide groups is 1. The predicted octanol–water partition coefficient (Wildman–Crippen LogP) is 3.18. The van der Waals surface area contributed by atoms with E-state index in [0.29, 0.717) is 11.6 Å².